The Bertz CT molecular complexity index is 1070. The highest BCUT2D eigenvalue weighted by atomic mass is 32.2. The molecule has 1 amide bonds. The molecule has 29 heavy (non-hydrogen) atoms. The Balaban J connectivity index is 1.66. The molecule has 2 aromatic carbocycles. The maximum atomic E-state index is 13.0. The predicted octanol–water partition coefficient (Wildman–Crippen LogP) is 3.45. The first-order valence-electron chi connectivity index (χ1n) is 8.70. The van der Waals surface area contributed by atoms with Crippen LogP contribution < -0.4 is 10.1 Å². The number of hydrogen-bond acceptors (Lipinski definition) is 7. The van der Waals surface area contributed by atoms with Crippen LogP contribution >= 0.6 is 11.3 Å². The van der Waals surface area contributed by atoms with Crippen molar-refractivity contribution in [2.75, 3.05) is 5.32 Å². The largest absolute Gasteiger partial charge is 0.481 e. The number of anilines is 1. The number of sulfone groups is 1. The molecule has 1 N–H and O–H groups in total. The second kappa shape index (κ2) is 9.10. The molecule has 0 saturated heterocycles. The summed E-state index contributed by atoms with van der Waals surface area (Å²) in [5.74, 6) is -0.772. The van der Waals surface area contributed by atoms with Crippen molar-refractivity contribution in [2.24, 2.45) is 0 Å². The van der Waals surface area contributed by atoms with Gasteiger partial charge in [0, 0.05) is 0 Å². The highest BCUT2D eigenvalue weighted by Crippen LogP contribution is 2.24. The van der Waals surface area contributed by atoms with Crippen LogP contribution in [-0.2, 0) is 20.4 Å². The van der Waals surface area contributed by atoms with Crippen LogP contribution in [0.1, 0.15) is 18.9 Å². The Morgan fingerprint density at radius 1 is 1.14 bits per heavy atom. The molecule has 0 aliphatic heterocycles. The van der Waals surface area contributed by atoms with Gasteiger partial charge in [-0.05, 0) is 36.2 Å². The molecule has 3 rings (SSSR count). The summed E-state index contributed by atoms with van der Waals surface area (Å²) in [7, 11) is -3.68. The number of hydrogen-bond donors (Lipinski definition) is 1. The van der Waals surface area contributed by atoms with Crippen LogP contribution in [0, 0.1) is 5.82 Å². The minimum absolute atomic E-state index is 0.0581. The average Bonchev–Trinajstić information content (AvgIpc) is 3.17. The summed E-state index contributed by atoms with van der Waals surface area (Å²) < 4.78 is 43.4. The number of nitrogens with zero attached hydrogens (tertiary/aromatic N) is 2. The van der Waals surface area contributed by atoms with E-state index in [1.807, 2.05) is 0 Å². The fourth-order valence-corrected chi connectivity index (χ4v) is 4.75. The molecule has 0 aliphatic carbocycles. The Morgan fingerprint density at radius 2 is 1.83 bits per heavy atom. The van der Waals surface area contributed by atoms with Gasteiger partial charge in [0.2, 0.25) is 19.3 Å². The summed E-state index contributed by atoms with van der Waals surface area (Å²) >= 11 is 0.776. The highest BCUT2D eigenvalue weighted by molar-refractivity contribution is 7.92. The molecule has 0 bridgehead atoms. The van der Waals surface area contributed by atoms with E-state index in [-0.39, 0.29) is 15.2 Å². The molecule has 10 heteroatoms. The van der Waals surface area contributed by atoms with Gasteiger partial charge in [0.05, 0.1) is 5.75 Å². The third kappa shape index (κ3) is 5.58. The van der Waals surface area contributed by atoms with Crippen molar-refractivity contribution in [3.63, 3.8) is 0 Å². The zero-order valence-corrected chi connectivity index (χ0v) is 17.0. The molecule has 152 valence electrons. The van der Waals surface area contributed by atoms with Crippen molar-refractivity contribution in [1.29, 1.82) is 0 Å². The average molecular weight is 436 g/mol. The lowest BCUT2D eigenvalue weighted by Crippen LogP contribution is -2.32. The summed E-state index contributed by atoms with van der Waals surface area (Å²) in [6.45, 7) is 1.75. The number of amides is 1. The van der Waals surface area contributed by atoms with Gasteiger partial charge in [-0.15, -0.1) is 10.2 Å². The quantitative estimate of drug-likeness (QED) is 0.544. The number of carbonyl (C=O) groups is 1. The molecule has 0 unspecified atom stereocenters. The monoisotopic (exact) mass is 435 g/mol. The molecule has 0 fully saturated rings. The topological polar surface area (TPSA) is 98.2 Å². The number of halogens is 1. The van der Waals surface area contributed by atoms with Crippen molar-refractivity contribution in [3.05, 3.63) is 66.0 Å². The van der Waals surface area contributed by atoms with Crippen LogP contribution in [0.3, 0.4) is 0 Å². The van der Waals surface area contributed by atoms with Gasteiger partial charge in [0.15, 0.2) is 6.10 Å². The van der Waals surface area contributed by atoms with E-state index in [9.17, 15) is 17.6 Å². The fraction of sp³-hybridized carbons (Fsp3) is 0.211. The number of rotatable bonds is 8. The van der Waals surface area contributed by atoms with Crippen LogP contribution in [0.25, 0.3) is 0 Å². The lowest BCUT2D eigenvalue weighted by Gasteiger charge is -2.16. The summed E-state index contributed by atoms with van der Waals surface area (Å²) in [5.41, 5.74) is 0.632. The van der Waals surface area contributed by atoms with Crippen LogP contribution in [-0.4, -0.2) is 30.6 Å². The van der Waals surface area contributed by atoms with Gasteiger partial charge in [-0.1, -0.05) is 48.6 Å². The van der Waals surface area contributed by atoms with Gasteiger partial charge in [0.25, 0.3) is 5.91 Å². The first-order valence-corrected chi connectivity index (χ1v) is 11.2. The lowest BCUT2D eigenvalue weighted by atomic mass is 10.2. The first-order chi connectivity index (χ1) is 13.9. The van der Waals surface area contributed by atoms with Crippen molar-refractivity contribution >= 4 is 32.2 Å². The molecule has 0 spiro atoms. The van der Waals surface area contributed by atoms with Crippen molar-refractivity contribution in [2.45, 2.75) is 29.5 Å². The molecule has 0 radical (unpaired) electrons. The SMILES string of the molecule is CC[C@@H](Oc1ccc(F)cc1)C(=O)Nc1nnc(S(=O)(=O)Cc2ccccc2)s1. The minimum atomic E-state index is -3.68. The zero-order chi connectivity index (χ0) is 20.9. The lowest BCUT2D eigenvalue weighted by molar-refractivity contribution is -0.122. The second-order valence-corrected chi connectivity index (χ2v) is 9.22. The summed E-state index contributed by atoms with van der Waals surface area (Å²) in [5, 5.41) is 10.0. The number of carbonyl (C=O) groups excluding carboxylic acids is 1. The van der Waals surface area contributed by atoms with Crippen molar-refractivity contribution in [1.82, 2.24) is 10.2 Å². The molecular weight excluding hydrogens is 417 g/mol. The molecule has 7 nitrogen and oxygen atoms in total. The van der Waals surface area contributed by atoms with E-state index in [0.29, 0.717) is 17.7 Å². The Hall–Kier alpha value is -2.85. The van der Waals surface area contributed by atoms with Crippen LogP contribution in [0.2, 0.25) is 0 Å². The van der Waals surface area contributed by atoms with Crippen LogP contribution in [0.5, 0.6) is 5.75 Å². The third-order valence-electron chi connectivity index (χ3n) is 3.86. The molecule has 1 heterocycles. The summed E-state index contributed by atoms with van der Waals surface area (Å²) in [6.07, 6.45) is -0.505. The Labute approximate surface area is 171 Å². The van der Waals surface area contributed by atoms with Crippen molar-refractivity contribution < 1.29 is 22.3 Å². The van der Waals surface area contributed by atoms with E-state index < -0.39 is 27.7 Å². The van der Waals surface area contributed by atoms with E-state index in [4.69, 9.17) is 4.74 Å². The van der Waals surface area contributed by atoms with Gasteiger partial charge < -0.3 is 4.74 Å². The van der Waals surface area contributed by atoms with Crippen LogP contribution in [0.4, 0.5) is 9.52 Å². The van der Waals surface area contributed by atoms with Crippen LogP contribution in [0.15, 0.2) is 58.9 Å². The van der Waals surface area contributed by atoms with E-state index in [1.165, 1.54) is 24.3 Å². The summed E-state index contributed by atoms with van der Waals surface area (Å²) in [6, 6.07) is 14.0. The van der Waals surface area contributed by atoms with Crippen molar-refractivity contribution in [3.8, 4) is 5.75 Å². The van der Waals surface area contributed by atoms with E-state index >= 15 is 0 Å². The van der Waals surface area contributed by atoms with Gasteiger partial charge in [0.1, 0.15) is 11.6 Å². The highest BCUT2D eigenvalue weighted by Gasteiger charge is 2.24. The first kappa shape index (κ1) is 20.9. The molecule has 0 saturated carbocycles. The molecule has 1 atom stereocenters. The van der Waals surface area contributed by atoms with E-state index in [0.717, 1.165) is 11.3 Å². The van der Waals surface area contributed by atoms with E-state index in [2.05, 4.69) is 15.5 Å². The minimum Gasteiger partial charge on any atom is -0.481 e. The fourth-order valence-electron chi connectivity index (χ4n) is 2.43. The summed E-state index contributed by atoms with van der Waals surface area (Å²) in [4.78, 5) is 12.4. The molecule has 1 aromatic heterocycles. The Morgan fingerprint density at radius 3 is 2.48 bits per heavy atom. The van der Waals surface area contributed by atoms with Gasteiger partial charge in [-0.25, -0.2) is 12.8 Å². The number of ether oxygens (including phenoxy) is 1. The number of nitrogens with one attached hydrogen (secondary N) is 1. The number of aromatic nitrogens is 2. The predicted molar refractivity (Wildman–Crippen MR) is 107 cm³/mol. The molecular formula is C19H18FN3O4S2. The smallest absolute Gasteiger partial charge is 0.267 e. The molecule has 0 aliphatic rings. The van der Waals surface area contributed by atoms with Gasteiger partial charge in [-0.3, -0.25) is 10.1 Å². The van der Waals surface area contributed by atoms with Gasteiger partial charge in [-0.2, -0.15) is 0 Å². The number of benzene rings is 2. The molecule has 3 aromatic rings. The normalized spacial score (nSPS) is 12.3. The van der Waals surface area contributed by atoms with E-state index in [1.54, 1.807) is 37.3 Å². The zero-order valence-electron chi connectivity index (χ0n) is 15.4. The second-order valence-electron chi connectivity index (χ2n) is 6.08. The third-order valence-corrected chi connectivity index (χ3v) is 6.83. The maximum absolute atomic E-state index is 13.0. The van der Waals surface area contributed by atoms with Gasteiger partial charge >= 0.3 is 0 Å². The Kier molecular flexibility index (Phi) is 6.55. The standard InChI is InChI=1S/C19H18FN3O4S2/c1-2-16(27-15-10-8-14(20)9-11-15)17(24)21-18-22-23-19(28-18)29(25,26)12-13-6-4-3-5-7-13/h3-11,16H,2,12H2,1H3,(H,21,22,24)/t16-/m1/s1. The maximum Gasteiger partial charge on any atom is 0.267 e.